The van der Waals surface area contributed by atoms with Crippen molar-refractivity contribution in [1.82, 2.24) is 5.06 Å². The maximum Gasteiger partial charge on any atom is 0.245 e. The number of rotatable bonds is 5. The summed E-state index contributed by atoms with van der Waals surface area (Å²) in [5.74, 6) is 3.52. The van der Waals surface area contributed by atoms with Crippen molar-refractivity contribution in [2.45, 2.75) is 97.5 Å². The van der Waals surface area contributed by atoms with Gasteiger partial charge in [0, 0.05) is 13.5 Å². The fourth-order valence-electron chi connectivity index (χ4n) is 8.49. The molecule has 4 aliphatic rings. The molecule has 0 aromatic heterocycles. The number of aliphatic hydroxyl groups is 1. The van der Waals surface area contributed by atoms with Crippen LogP contribution in [0.15, 0.2) is 11.6 Å². The number of amides is 1. The second-order valence-corrected chi connectivity index (χ2v) is 12.2. The van der Waals surface area contributed by atoms with Crippen molar-refractivity contribution < 1.29 is 14.7 Å². The van der Waals surface area contributed by atoms with Gasteiger partial charge in [-0.2, -0.15) is 0 Å². The lowest BCUT2D eigenvalue weighted by molar-refractivity contribution is -0.169. The minimum atomic E-state index is -0.469. The summed E-state index contributed by atoms with van der Waals surface area (Å²) in [5.41, 5.74) is 1.95. The lowest BCUT2D eigenvalue weighted by Gasteiger charge is -2.58. The molecule has 3 fully saturated rings. The minimum Gasteiger partial charge on any atom is -0.390 e. The lowest BCUT2D eigenvalue weighted by atomic mass is 9.47. The van der Waals surface area contributed by atoms with E-state index in [4.69, 9.17) is 4.84 Å². The first kappa shape index (κ1) is 23.3. The Labute approximate surface area is 189 Å². The molecule has 0 bridgehead atoms. The van der Waals surface area contributed by atoms with Crippen LogP contribution in [-0.4, -0.2) is 35.8 Å². The number of carbonyl (C=O) groups is 1. The van der Waals surface area contributed by atoms with Crippen LogP contribution in [0, 0.1) is 40.4 Å². The predicted octanol–water partition coefficient (Wildman–Crippen LogP) is 5.75. The van der Waals surface area contributed by atoms with Crippen molar-refractivity contribution >= 4 is 5.91 Å². The van der Waals surface area contributed by atoms with Gasteiger partial charge in [-0.25, -0.2) is 5.06 Å². The van der Waals surface area contributed by atoms with Crippen molar-refractivity contribution in [1.29, 1.82) is 0 Å². The highest BCUT2D eigenvalue weighted by Gasteiger charge is 2.58. The summed E-state index contributed by atoms with van der Waals surface area (Å²) in [6.07, 6.45) is 13.7. The minimum absolute atomic E-state index is 0.0827. The molecule has 0 aliphatic heterocycles. The first-order chi connectivity index (χ1) is 14.5. The van der Waals surface area contributed by atoms with Crippen molar-refractivity contribution in [2.24, 2.45) is 40.4 Å². The molecule has 176 valence electrons. The third-order valence-corrected chi connectivity index (χ3v) is 10.5. The highest BCUT2D eigenvalue weighted by atomic mass is 16.7. The van der Waals surface area contributed by atoms with Crippen LogP contribution in [0.2, 0.25) is 0 Å². The first-order valence-corrected chi connectivity index (χ1v) is 12.8. The van der Waals surface area contributed by atoms with Crippen LogP contribution in [0.3, 0.4) is 0 Å². The highest BCUT2D eigenvalue weighted by Crippen LogP contribution is 2.67. The Hall–Kier alpha value is -0.870. The zero-order valence-corrected chi connectivity index (χ0v) is 20.7. The number of hydrogen-bond donors (Lipinski definition) is 1. The van der Waals surface area contributed by atoms with Crippen LogP contribution in [0.25, 0.3) is 0 Å². The Morgan fingerprint density at radius 2 is 1.97 bits per heavy atom. The third kappa shape index (κ3) is 3.90. The zero-order chi connectivity index (χ0) is 22.6. The van der Waals surface area contributed by atoms with E-state index in [0.29, 0.717) is 35.0 Å². The first-order valence-electron chi connectivity index (χ1n) is 12.8. The molecule has 0 unspecified atom stereocenters. The predicted molar refractivity (Wildman–Crippen MR) is 124 cm³/mol. The van der Waals surface area contributed by atoms with E-state index in [-0.39, 0.29) is 5.91 Å². The van der Waals surface area contributed by atoms with E-state index in [1.807, 2.05) is 6.92 Å². The van der Waals surface area contributed by atoms with Gasteiger partial charge in [-0.15, -0.1) is 0 Å². The maximum absolute atomic E-state index is 12.2. The zero-order valence-electron chi connectivity index (χ0n) is 20.7. The Morgan fingerprint density at radius 1 is 1.23 bits per heavy atom. The second kappa shape index (κ2) is 8.17. The molecule has 8 atom stereocenters. The molecule has 31 heavy (non-hydrogen) atoms. The SMILES string of the molecule is CON(C)C(=O)CC[C@@H](C)[C@H]1CC[C@H]2[C@@H]3CC[C@H]4C[C@@](C)(O)CC[C@]4(C)C3=CC[C@]12C. The summed E-state index contributed by atoms with van der Waals surface area (Å²) >= 11 is 0. The van der Waals surface area contributed by atoms with Crippen LogP contribution in [-0.2, 0) is 9.63 Å². The standard InChI is InChI=1S/C27H45NO3/c1-18(7-12-24(29)28(5)31-6)21-10-11-22-20-9-8-19-17-25(2,30)15-16-26(19,3)23(20)13-14-27(21,22)4/h13,18-22,30H,7-12,14-17H2,1-6H3/t18-,19+,20+,21-,22+,25+,26+,27-/m1/s1. The monoisotopic (exact) mass is 431 g/mol. The lowest BCUT2D eigenvalue weighted by Crippen LogP contribution is -2.50. The smallest absolute Gasteiger partial charge is 0.245 e. The summed E-state index contributed by atoms with van der Waals surface area (Å²) in [6, 6.07) is 0. The largest absolute Gasteiger partial charge is 0.390 e. The van der Waals surface area contributed by atoms with E-state index in [9.17, 15) is 9.90 Å². The molecule has 0 saturated heterocycles. The molecule has 0 heterocycles. The average Bonchev–Trinajstić information content (AvgIpc) is 3.08. The molecule has 4 nitrogen and oxygen atoms in total. The molecule has 0 aromatic carbocycles. The van der Waals surface area contributed by atoms with Crippen molar-refractivity contribution in [3.8, 4) is 0 Å². The number of carbonyl (C=O) groups excluding carboxylic acids is 1. The number of hydroxylamine groups is 2. The van der Waals surface area contributed by atoms with Crippen LogP contribution in [0.1, 0.15) is 91.9 Å². The van der Waals surface area contributed by atoms with E-state index in [0.717, 1.165) is 37.5 Å². The van der Waals surface area contributed by atoms with Crippen molar-refractivity contribution in [2.75, 3.05) is 14.2 Å². The van der Waals surface area contributed by atoms with E-state index in [1.165, 1.54) is 37.2 Å². The molecule has 4 heteroatoms. The molecule has 1 N–H and O–H groups in total. The molecule has 3 saturated carbocycles. The van der Waals surface area contributed by atoms with Gasteiger partial charge in [-0.1, -0.05) is 32.4 Å². The van der Waals surface area contributed by atoms with Crippen molar-refractivity contribution in [3.05, 3.63) is 11.6 Å². The van der Waals surface area contributed by atoms with Gasteiger partial charge in [-0.3, -0.25) is 9.63 Å². The Bertz CT molecular complexity index is 730. The number of hydrogen-bond acceptors (Lipinski definition) is 3. The Morgan fingerprint density at radius 3 is 2.68 bits per heavy atom. The van der Waals surface area contributed by atoms with Crippen LogP contribution in [0.4, 0.5) is 0 Å². The highest BCUT2D eigenvalue weighted by molar-refractivity contribution is 5.74. The summed E-state index contributed by atoms with van der Waals surface area (Å²) in [7, 11) is 3.26. The van der Waals surface area contributed by atoms with E-state index < -0.39 is 5.60 Å². The summed E-state index contributed by atoms with van der Waals surface area (Å²) in [6.45, 7) is 9.49. The second-order valence-electron chi connectivity index (χ2n) is 12.2. The summed E-state index contributed by atoms with van der Waals surface area (Å²) in [4.78, 5) is 17.3. The molecule has 0 radical (unpaired) electrons. The third-order valence-electron chi connectivity index (χ3n) is 10.5. The average molecular weight is 432 g/mol. The van der Waals surface area contributed by atoms with Crippen LogP contribution >= 0.6 is 0 Å². The molecular weight excluding hydrogens is 386 g/mol. The quantitative estimate of drug-likeness (QED) is 0.445. The van der Waals surface area contributed by atoms with Crippen LogP contribution in [0.5, 0.6) is 0 Å². The maximum atomic E-state index is 12.2. The number of fused-ring (bicyclic) bond motifs is 5. The van der Waals surface area contributed by atoms with Gasteiger partial charge < -0.3 is 5.11 Å². The van der Waals surface area contributed by atoms with E-state index in [1.54, 1.807) is 19.7 Å². The van der Waals surface area contributed by atoms with Gasteiger partial charge in [0.1, 0.15) is 0 Å². The molecular formula is C27H45NO3. The Balaban J connectivity index is 1.49. The van der Waals surface area contributed by atoms with Gasteiger partial charge in [0.05, 0.1) is 12.7 Å². The van der Waals surface area contributed by atoms with Crippen LogP contribution < -0.4 is 0 Å². The number of nitrogens with zero attached hydrogens (tertiary/aromatic N) is 1. The normalized spacial score (nSPS) is 45.2. The van der Waals surface area contributed by atoms with Gasteiger partial charge in [0.15, 0.2) is 0 Å². The van der Waals surface area contributed by atoms with Crippen molar-refractivity contribution in [3.63, 3.8) is 0 Å². The summed E-state index contributed by atoms with van der Waals surface area (Å²) < 4.78 is 0. The Kier molecular flexibility index (Phi) is 6.14. The molecule has 4 rings (SSSR count). The topological polar surface area (TPSA) is 49.8 Å². The van der Waals surface area contributed by atoms with E-state index >= 15 is 0 Å². The van der Waals surface area contributed by atoms with Gasteiger partial charge in [0.25, 0.3) is 0 Å². The van der Waals surface area contributed by atoms with Gasteiger partial charge >= 0.3 is 0 Å². The van der Waals surface area contributed by atoms with E-state index in [2.05, 4.69) is 26.8 Å². The number of allylic oxidation sites excluding steroid dienone is 2. The molecule has 0 aromatic rings. The fourth-order valence-corrected chi connectivity index (χ4v) is 8.49. The van der Waals surface area contributed by atoms with Gasteiger partial charge in [-0.05, 0) is 105 Å². The molecule has 0 spiro atoms. The van der Waals surface area contributed by atoms with Gasteiger partial charge in [0.2, 0.25) is 5.91 Å². The summed E-state index contributed by atoms with van der Waals surface area (Å²) in [5, 5.41) is 12.1. The fraction of sp³-hybridized carbons (Fsp3) is 0.889. The molecule has 1 amide bonds. The molecule has 4 aliphatic carbocycles.